The van der Waals surface area contributed by atoms with Crippen molar-refractivity contribution in [2.45, 2.75) is 18.9 Å². The van der Waals surface area contributed by atoms with Gasteiger partial charge in [-0.15, -0.1) is 0 Å². The van der Waals surface area contributed by atoms with Crippen molar-refractivity contribution in [2.24, 2.45) is 0 Å². The van der Waals surface area contributed by atoms with Crippen molar-refractivity contribution in [1.82, 2.24) is 19.9 Å². The Morgan fingerprint density at radius 3 is 2.67 bits per heavy atom. The first kappa shape index (κ1) is 14.6. The zero-order valence-corrected chi connectivity index (χ0v) is 13.2. The Hall–Kier alpha value is -2.95. The summed E-state index contributed by atoms with van der Waals surface area (Å²) in [5.74, 6) is 0.427. The van der Waals surface area contributed by atoms with Crippen LogP contribution in [0.15, 0.2) is 61.3 Å². The van der Waals surface area contributed by atoms with Gasteiger partial charge in [-0.1, -0.05) is 30.3 Å². The molecule has 0 bridgehead atoms. The Morgan fingerprint density at radius 2 is 2.04 bits per heavy atom. The molecule has 1 N–H and O–H groups in total. The van der Waals surface area contributed by atoms with Gasteiger partial charge in [-0.2, -0.15) is 0 Å². The van der Waals surface area contributed by atoms with Crippen molar-refractivity contribution in [2.75, 3.05) is 6.54 Å². The van der Waals surface area contributed by atoms with Crippen LogP contribution >= 0.6 is 0 Å². The summed E-state index contributed by atoms with van der Waals surface area (Å²) in [6, 6.07) is 12.5. The van der Waals surface area contributed by atoms with Gasteiger partial charge in [0.25, 0.3) is 0 Å². The van der Waals surface area contributed by atoms with Crippen LogP contribution in [0.3, 0.4) is 0 Å². The minimum atomic E-state index is 0.138. The van der Waals surface area contributed by atoms with Crippen LogP contribution in [0.5, 0.6) is 0 Å². The summed E-state index contributed by atoms with van der Waals surface area (Å²) in [5, 5.41) is 2.88. The number of nitrogens with zero attached hydrogens (tertiary/aromatic N) is 3. The molecule has 1 aromatic carbocycles. The molecule has 0 radical (unpaired) electrons. The molecular formula is C19H18N4O. The molecule has 5 heteroatoms. The molecule has 0 saturated carbocycles. The topological polar surface area (TPSA) is 59.8 Å². The molecule has 1 fully saturated rings. The maximum Gasteiger partial charge on any atom is 0.220 e. The van der Waals surface area contributed by atoms with Crippen LogP contribution in [0.1, 0.15) is 23.5 Å². The Balaban J connectivity index is 1.48. The lowest BCUT2D eigenvalue weighted by atomic mass is 9.96. The number of hydrogen-bond donors (Lipinski definition) is 1. The second-order valence-corrected chi connectivity index (χ2v) is 6.11. The van der Waals surface area contributed by atoms with Crippen molar-refractivity contribution in [1.29, 1.82) is 0 Å². The quantitative estimate of drug-likeness (QED) is 0.804. The van der Waals surface area contributed by atoms with Gasteiger partial charge in [0.05, 0.1) is 12.0 Å². The number of carbonyl (C=O) groups is 1. The van der Waals surface area contributed by atoms with Gasteiger partial charge in [0.2, 0.25) is 5.91 Å². The summed E-state index contributed by atoms with van der Waals surface area (Å²) in [6.07, 6.45) is 8.00. The van der Waals surface area contributed by atoms with Crippen LogP contribution < -0.4 is 5.32 Å². The Bertz CT molecular complexity index is 823. The number of benzene rings is 1. The number of imidazole rings is 1. The third-order valence-electron chi connectivity index (χ3n) is 4.40. The lowest BCUT2D eigenvalue weighted by molar-refractivity contribution is -0.119. The number of nitrogens with one attached hydrogen (secondary N) is 1. The Morgan fingerprint density at radius 1 is 1.17 bits per heavy atom. The maximum absolute atomic E-state index is 11.3. The van der Waals surface area contributed by atoms with Crippen LogP contribution in [0.2, 0.25) is 0 Å². The van der Waals surface area contributed by atoms with Gasteiger partial charge in [-0.25, -0.2) is 4.98 Å². The average Bonchev–Trinajstić information content (AvgIpc) is 3.28. The molecule has 0 spiro atoms. The van der Waals surface area contributed by atoms with Gasteiger partial charge < -0.3 is 9.88 Å². The highest BCUT2D eigenvalue weighted by Gasteiger charge is 2.22. The predicted molar refractivity (Wildman–Crippen MR) is 91.4 cm³/mol. The van der Waals surface area contributed by atoms with Gasteiger partial charge in [0.1, 0.15) is 0 Å². The van der Waals surface area contributed by atoms with E-state index in [1.54, 1.807) is 12.5 Å². The van der Waals surface area contributed by atoms with E-state index < -0.39 is 0 Å². The van der Waals surface area contributed by atoms with Crippen LogP contribution in [0, 0.1) is 0 Å². The molecule has 3 heterocycles. The molecule has 1 atom stereocenters. The number of hydrogen-bond acceptors (Lipinski definition) is 3. The summed E-state index contributed by atoms with van der Waals surface area (Å²) in [4.78, 5) is 19.9. The summed E-state index contributed by atoms with van der Waals surface area (Å²) in [5.41, 5.74) is 4.39. The first-order valence-corrected chi connectivity index (χ1v) is 8.05. The monoisotopic (exact) mass is 318 g/mol. The smallest absolute Gasteiger partial charge is 0.220 e. The second-order valence-electron chi connectivity index (χ2n) is 6.11. The van der Waals surface area contributed by atoms with Gasteiger partial charge >= 0.3 is 0 Å². The highest BCUT2D eigenvalue weighted by atomic mass is 16.1. The highest BCUT2D eigenvalue weighted by molar-refractivity contribution is 5.79. The maximum atomic E-state index is 11.3. The molecule has 1 aliphatic rings. The number of pyridine rings is 1. The summed E-state index contributed by atoms with van der Waals surface area (Å²) >= 11 is 0. The fraction of sp³-hybridized carbons (Fsp3) is 0.211. The zero-order valence-electron chi connectivity index (χ0n) is 13.2. The van der Waals surface area contributed by atoms with E-state index in [-0.39, 0.29) is 11.8 Å². The van der Waals surface area contributed by atoms with Crippen LogP contribution in [-0.2, 0) is 11.3 Å². The molecule has 24 heavy (non-hydrogen) atoms. The van der Waals surface area contributed by atoms with Crippen molar-refractivity contribution >= 4 is 5.91 Å². The fourth-order valence-corrected chi connectivity index (χ4v) is 3.05. The molecule has 3 aromatic rings. The summed E-state index contributed by atoms with van der Waals surface area (Å²) in [7, 11) is 0. The Kier molecular flexibility index (Phi) is 3.83. The summed E-state index contributed by atoms with van der Waals surface area (Å²) in [6.45, 7) is 1.51. The minimum absolute atomic E-state index is 0.138. The van der Waals surface area contributed by atoms with E-state index >= 15 is 0 Å². The number of amides is 1. The van der Waals surface area contributed by atoms with Crippen molar-refractivity contribution in [3.63, 3.8) is 0 Å². The average molecular weight is 318 g/mol. The number of rotatable bonds is 4. The molecular weight excluding hydrogens is 300 g/mol. The van der Waals surface area contributed by atoms with E-state index in [0.717, 1.165) is 29.9 Å². The first-order chi connectivity index (χ1) is 11.8. The number of carbonyl (C=O) groups excluding carboxylic acids is 1. The minimum Gasteiger partial charge on any atom is -0.355 e. The predicted octanol–water partition coefficient (Wildman–Crippen LogP) is 2.60. The Labute approximate surface area is 140 Å². The first-order valence-electron chi connectivity index (χ1n) is 8.05. The van der Waals surface area contributed by atoms with Crippen LogP contribution in [-0.4, -0.2) is 27.0 Å². The van der Waals surface area contributed by atoms with E-state index in [2.05, 4.69) is 45.6 Å². The molecule has 1 amide bonds. The standard InChI is InChI=1S/C19H18N4O/c24-19-9-17(11-22-19)15-2-4-16(5-3-15)18-6-1-14(10-21-18)12-23-8-7-20-13-23/h1-8,10,13,17H,9,11-12H2,(H,22,24). The van der Waals surface area contributed by atoms with Gasteiger partial charge in [-0.05, 0) is 17.2 Å². The van der Waals surface area contributed by atoms with Gasteiger partial charge in [-0.3, -0.25) is 9.78 Å². The molecule has 1 saturated heterocycles. The summed E-state index contributed by atoms with van der Waals surface area (Å²) < 4.78 is 2.02. The molecule has 1 aliphatic heterocycles. The molecule has 120 valence electrons. The SMILES string of the molecule is O=C1CC(c2ccc(-c3ccc(Cn4ccnc4)cn3)cc2)CN1. The second kappa shape index (κ2) is 6.28. The third kappa shape index (κ3) is 3.06. The zero-order chi connectivity index (χ0) is 16.4. The molecule has 2 aromatic heterocycles. The highest BCUT2D eigenvalue weighted by Crippen LogP contribution is 2.25. The van der Waals surface area contributed by atoms with Gasteiger partial charge in [0, 0.05) is 49.6 Å². The van der Waals surface area contributed by atoms with E-state index in [1.807, 2.05) is 23.0 Å². The van der Waals surface area contributed by atoms with Crippen molar-refractivity contribution < 1.29 is 4.79 Å². The molecule has 1 unspecified atom stereocenters. The van der Waals surface area contributed by atoms with Crippen LogP contribution in [0.4, 0.5) is 0 Å². The van der Waals surface area contributed by atoms with Crippen molar-refractivity contribution in [3.8, 4) is 11.3 Å². The van der Waals surface area contributed by atoms with Gasteiger partial charge in [0.15, 0.2) is 0 Å². The van der Waals surface area contributed by atoms with E-state index in [0.29, 0.717) is 6.42 Å². The van der Waals surface area contributed by atoms with Crippen molar-refractivity contribution in [3.05, 3.63) is 72.4 Å². The van der Waals surface area contributed by atoms with E-state index in [9.17, 15) is 4.79 Å². The molecule has 5 nitrogen and oxygen atoms in total. The molecule has 0 aliphatic carbocycles. The third-order valence-corrected chi connectivity index (χ3v) is 4.40. The van der Waals surface area contributed by atoms with Crippen LogP contribution in [0.25, 0.3) is 11.3 Å². The number of aromatic nitrogens is 3. The normalized spacial score (nSPS) is 17.0. The lowest BCUT2D eigenvalue weighted by Gasteiger charge is -2.09. The van der Waals surface area contributed by atoms with E-state index in [4.69, 9.17) is 0 Å². The lowest BCUT2D eigenvalue weighted by Crippen LogP contribution is -2.13. The molecule has 4 rings (SSSR count). The fourth-order valence-electron chi connectivity index (χ4n) is 3.05. The van der Waals surface area contributed by atoms with E-state index in [1.165, 1.54) is 5.56 Å². The largest absolute Gasteiger partial charge is 0.355 e.